The molecule has 26 heavy (non-hydrogen) atoms. The molecule has 5 nitrogen and oxygen atoms in total. The van der Waals surface area contributed by atoms with Gasteiger partial charge in [0, 0.05) is 28.8 Å². The van der Waals surface area contributed by atoms with Crippen LogP contribution in [0, 0.1) is 12.8 Å². The molecule has 2 amide bonds. The smallest absolute Gasteiger partial charge is 0.229 e. The molecule has 0 saturated carbocycles. The summed E-state index contributed by atoms with van der Waals surface area (Å²) in [5.74, 6) is 0.0560. The van der Waals surface area contributed by atoms with Crippen molar-refractivity contribution in [3.8, 4) is 5.75 Å². The molecular weight excluding hydrogens is 420 g/mol. The number of carbonyl (C=O) groups excluding carboxylic acids is 2. The summed E-state index contributed by atoms with van der Waals surface area (Å²) < 4.78 is 5.91. The molecule has 0 radical (unpaired) electrons. The van der Waals surface area contributed by atoms with Gasteiger partial charge in [0.15, 0.2) is 0 Å². The Morgan fingerprint density at radius 3 is 2.65 bits per heavy atom. The zero-order valence-corrected chi connectivity index (χ0v) is 16.7. The Kier molecular flexibility index (Phi) is 5.53. The fourth-order valence-corrected chi connectivity index (χ4v) is 3.53. The highest BCUT2D eigenvalue weighted by Crippen LogP contribution is 2.31. The van der Waals surface area contributed by atoms with E-state index in [9.17, 15) is 9.59 Å². The van der Waals surface area contributed by atoms with Gasteiger partial charge in [0.1, 0.15) is 5.75 Å². The van der Waals surface area contributed by atoms with Crippen LogP contribution in [-0.4, -0.2) is 25.5 Å². The van der Waals surface area contributed by atoms with Gasteiger partial charge in [-0.25, -0.2) is 0 Å². The fraction of sp³-hybridized carbons (Fsp3) is 0.263. The first-order chi connectivity index (χ1) is 12.4. The topological polar surface area (TPSA) is 58.6 Å². The molecule has 1 atom stereocenters. The minimum atomic E-state index is -0.411. The lowest BCUT2D eigenvalue weighted by molar-refractivity contribution is -0.122. The van der Waals surface area contributed by atoms with Crippen LogP contribution in [0.5, 0.6) is 5.75 Å². The molecular formula is C19H18BrClN2O3. The van der Waals surface area contributed by atoms with E-state index in [1.807, 2.05) is 25.1 Å². The summed E-state index contributed by atoms with van der Waals surface area (Å²) in [4.78, 5) is 26.6. The predicted molar refractivity (Wildman–Crippen MR) is 106 cm³/mol. The monoisotopic (exact) mass is 436 g/mol. The highest BCUT2D eigenvalue weighted by atomic mass is 79.9. The number of nitrogens with zero attached hydrogens (tertiary/aromatic N) is 1. The van der Waals surface area contributed by atoms with Crippen molar-refractivity contribution in [2.24, 2.45) is 5.92 Å². The van der Waals surface area contributed by atoms with Gasteiger partial charge in [-0.15, -0.1) is 0 Å². The van der Waals surface area contributed by atoms with Crippen LogP contribution >= 0.6 is 27.5 Å². The van der Waals surface area contributed by atoms with Gasteiger partial charge in [0.25, 0.3) is 0 Å². The average molecular weight is 438 g/mol. The minimum absolute atomic E-state index is 0.0686. The number of halogens is 2. The average Bonchev–Trinajstić information content (AvgIpc) is 3.01. The summed E-state index contributed by atoms with van der Waals surface area (Å²) >= 11 is 9.47. The van der Waals surface area contributed by atoms with E-state index < -0.39 is 5.92 Å². The van der Waals surface area contributed by atoms with Gasteiger partial charge >= 0.3 is 0 Å². The SMILES string of the molecule is COc1ccc(N2C[C@@H](C(=O)Nc3cc(Cl)c(Br)cc3C)CC2=O)cc1. The molecule has 0 aliphatic carbocycles. The van der Waals surface area contributed by atoms with Crippen molar-refractivity contribution >= 4 is 50.7 Å². The third-order valence-corrected chi connectivity index (χ3v) is 5.60. The quantitative estimate of drug-likeness (QED) is 0.771. The van der Waals surface area contributed by atoms with E-state index >= 15 is 0 Å². The Bertz CT molecular complexity index is 855. The number of hydrogen-bond donors (Lipinski definition) is 1. The largest absolute Gasteiger partial charge is 0.497 e. The van der Waals surface area contributed by atoms with Crippen LogP contribution < -0.4 is 15.0 Å². The number of benzene rings is 2. The molecule has 2 aromatic rings. The molecule has 0 unspecified atom stereocenters. The van der Waals surface area contributed by atoms with Crippen LogP contribution in [0.4, 0.5) is 11.4 Å². The zero-order chi connectivity index (χ0) is 18.8. The van der Waals surface area contributed by atoms with Crippen molar-refractivity contribution in [2.75, 3.05) is 23.9 Å². The summed E-state index contributed by atoms with van der Waals surface area (Å²) in [5, 5.41) is 3.41. The number of ether oxygens (including phenoxy) is 1. The second-order valence-electron chi connectivity index (χ2n) is 6.17. The lowest BCUT2D eigenvalue weighted by Gasteiger charge is -2.17. The standard InChI is InChI=1S/C19H18BrClN2O3/c1-11-7-15(20)16(21)9-17(11)22-19(25)12-8-18(24)23(10-12)13-3-5-14(26-2)6-4-13/h3-7,9,12H,8,10H2,1-2H3,(H,22,25)/t12-/m0/s1. The number of aryl methyl sites for hydroxylation is 1. The van der Waals surface area contributed by atoms with Crippen LogP contribution in [0.15, 0.2) is 40.9 Å². The first kappa shape index (κ1) is 18.7. The number of rotatable bonds is 4. The Morgan fingerprint density at radius 2 is 2.00 bits per heavy atom. The van der Waals surface area contributed by atoms with Crippen molar-refractivity contribution in [1.29, 1.82) is 0 Å². The molecule has 0 spiro atoms. The van der Waals surface area contributed by atoms with E-state index in [2.05, 4.69) is 21.2 Å². The zero-order valence-electron chi connectivity index (χ0n) is 14.4. The van der Waals surface area contributed by atoms with Crippen LogP contribution in [0.3, 0.4) is 0 Å². The van der Waals surface area contributed by atoms with Crippen molar-refractivity contribution in [3.05, 3.63) is 51.5 Å². The minimum Gasteiger partial charge on any atom is -0.497 e. The molecule has 136 valence electrons. The summed E-state index contributed by atoms with van der Waals surface area (Å²) in [6.45, 7) is 2.24. The number of carbonyl (C=O) groups is 2. The molecule has 1 aliphatic rings. The third kappa shape index (κ3) is 3.86. The molecule has 0 aromatic heterocycles. The third-order valence-electron chi connectivity index (χ3n) is 4.41. The molecule has 1 saturated heterocycles. The summed E-state index contributed by atoms with van der Waals surface area (Å²) in [7, 11) is 1.59. The number of methoxy groups -OCH3 is 1. The van der Waals surface area contributed by atoms with Crippen molar-refractivity contribution in [2.45, 2.75) is 13.3 Å². The summed E-state index contributed by atoms with van der Waals surface area (Å²) in [6.07, 6.45) is 0.182. The van der Waals surface area contributed by atoms with E-state index in [1.165, 1.54) is 0 Å². The molecule has 0 bridgehead atoms. The van der Waals surface area contributed by atoms with Crippen LogP contribution in [-0.2, 0) is 9.59 Å². The van der Waals surface area contributed by atoms with Gasteiger partial charge in [-0.05, 0) is 64.8 Å². The Balaban J connectivity index is 1.71. The number of hydrogen-bond acceptors (Lipinski definition) is 3. The van der Waals surface area contributed by atoms with Gasteiger partial charge in [-0.3, -0.25) is 9.59 Å². The Labute approximate surface area is 165 Å². The first-order valence-corrected chi connectivity index (χ1v) is 9.27. The van der Waals surface area contributed by atoms with Gasteiger partial charge < -0.3 is 15.0 Å². The fourth-order valence-electron chi connectivity index (χ4n) is 2.91. The van der Waals surface area contributed by atoms with E-state index in [0.29, 0.717) is 17.3 Å². The van der Waals surface area contributed by atoms with Crippen LogP contribution in [0.25, 0.3) is 0 Å². The molecule has 3 rings (SSSR count). The normalized spacial score (nSPS) is 16.7. The lowest BCUT2D eigenvalue weighted by Crippen LogP contribution is -2.28. The molecule has 7 heteroatoms. The number of anilines is 2. The van der Waals surface area contributed by atoms with Gasteiger partial charge in [-0.1, -0.05) is 11.6 Å². The maximum absolute atomic E-state index is 12.6. The highest BCUT2D eigenvalue weighted by molar-refractivity contribution is 9.10. The van der Waals surface area contributed by atoms with Crippen LogP contribution in [0.2, 0.25) is 5.02 Å². The van der Waals surface area contributed by atoms with Gasteiger partial charge in [0.2, 0.25) is 11.8 Å². The molecule has 1 N–H and O–H groups in total. The molecule has 2 aromatic carbocycles. The van der Waals surface area contributed by atoms with Crippen molar-refractivity contribution < 1.29 is 14.3 Å². The predicted octanol–water partition coefficient (Wildman–Crippen LogP) is 4.41. The lowest BCUT2D eigenvalue weighted by atomic mass is 10.1. The van der Waals surface area contributed by atoms with Crippen molar-refractivity contribution in [3.63, 3.8) is 0 Å². The van der Waals surface area contributed by atoms with E-state index in [-0.39, 0.29) is 18.2 Å². The Hall–Kier alpha value is -2.05. The number of amides is 2. The van der Waals surface area contributed by atoms with Crippen LogP contribution in [0.1, 0.15) is 12.0 Å². The van der Waals surface area contributed by atoms with Crippen molar-refractivity contribution in [1.82, 2.24) is 0 Å². The van der Waals surface area contributed by atoms with E-state index in [0.717, 1.165) is 21.5 Å². The summed E-state index contributed by atoms with van der Waals surface area (Å²) in [5.41, 5.74) is 2.30. The second kappa shape index (κ2) is 7.68. The summed E-state index contributed by atoms with van der Waals surface area (Å²) in [6, 6.07) is 10.8. The van der Waals surface area contributed by atoms with E-state index in [1.54, 1.807) is 30.2 Å². The second-order valence-corrected chi connectivity index (χ2v) is 7.44. The highest BCUT2D eigenvalue weighted by Gasteiger charge is 2.35. The maximum Gasteiger partial charge on any atom is 0.229 e. The maximum atomic E-state index is 12.6. The molecule has 1 aliphatic heterocycles. The van der Waals surface area contributed by atoms with Gasteiger partial charge in [-0.2, -0.15) is 0 Å². The molecule has 1 heterocycles. The van der Waals surface area contributed by atoms with Gasteiger partial charge in [0.05, 0.1) is 18.1 Å². The van der Waals surface area contributed by atoms with E-state index in [4.69, 9.17) is 16.3 Å². The number of nitrogens with one attached hydrogen (secondary N) is 1. The Morgan fingerprint density at radius 1 is 1.31 bits per heavy atom. The molecule has 1 fully saturated rings. The first-order valence-electron chi connectivity index (χ1n) is 8.10.